The number of rotatable bonds is 6. The van der Waals surface area contributed by atoms with E-state index in [0.717, 1.165) is 19.3 Å². The third-order valence-corrected chi connectivity index (χ3v) is 4.25. The molecule has 6 nitrogen and oxygen atoms in total. The van der Waals surface area contributed by atoms with Gasteiger partial charge in [0.2, 0.25) is 5.91 Å². The molecule has 2 N–H and O–H groups in total. The first-order valence-electron chi connectivity index (χ1n) is 7.41. The highest BCUT2D eigenvalue weighted by Gasteiger charge is 2.10. The second-order valence-corrected chi connectivity index (χ2v) is 6.00. The van der Waals surface area contributed by atoms with Crippen LogP contribution in [0.5, 0.6) is 0 Å². The molecule has 1 aromatic heterocycles. The molecular formula is C15H21N3O3S. The first kappa shape index (κ1) is 16.5. The standard InChI is InChI=1S/C15H21N3O3S/c1-21-15(20)18-14-17-12(10-22-14)9-13(19)16-8-7-11-5-3-2-4-6-11/h5,10H,2-4,6-9H2,1H3,(H,16,19)(H,17,18,20). The molecule has 1 aliphatic rings. The lowest BCUT2D eigenvalue weighted by atomic mass is 9.97. The smallest absolute Gasteiger partial charge is 0.413 e. The van der Waals surface area contributed by atoms with E-state index in [1.54, 1.807) is 5.38 Å². The number of amides is 2. The van der Waals surface area contributed by atoms with Crippen molar-refractivity contribution in [3.8, 4) is 0 Å². The van der Waals surface area contributed by atoms with Crippen molar-refractivity contribution in [3.05, 3.63) is 22.7 Å². The van der Waals surface area contributed by atoms with Gasteiger partial charge < -0.3 is 10.1 Å². The van der Waals surface area contributed by atoms with Gasteiger partial charge in [0.15, 0.2) is 5.13 Å². The molecule has 0 fully saturated rings. The monoisotopic (exact) mass is 323 g/mol. The van der Waals surface area contributed by atoms with E-state index in [-0.39, 0.29) is 12.3 Å². The van der Waals surface area contributed by atoms with E-state index >= 15 is 0 Å². The van der Waals surface area contributed by atoms with Crippen molar-refractivity contribution < 1.29 is 14.3 Å². The number of aromatic nitrogens is 1. The molecule has 7 heteroatoms. The van der Waals surface area contributed by atoms with Gasteiger partial charge in [-0.15, -0.1) is 11.3 Å². The third kappa shape index (κ3) is 5.48. The van der Waals surface area contributed by atoms with Crippen LogP contribution in [0.4, 0.5) is 9.93 Å². The molecule has 0 atom stereocenters. The molecule has 2 rings (SSSR count). The quantitative estimate of drug-likeness (QED) is 0.789. The van der Waals surface area contributed by atoms with Gasteiger partial charge in [-0.1, -0.05) is 11.6 Å². The Labute approximate surface area is 134 Å². The van der Waals surface area contributed by atoms with E-state index < -0.39 is 6.09 Å². The second-order valence-electron chi connectivity index (χ2n) is 5.15. The minimum absolute atomic E-state index is 0.0497. The molecule has 0 radical (unpaired) electrons. The van der Waals surface area contributed by atoms with Crippen LogP contribution < -0.4 is 10.6 Å². The molecule has 22 heavy (non-hydrogen) atoms. The number of thiazole rings is 1. The number of allylic oxidation sites excluding steroid dienone is 1. The summed E-state index contributed by atoms with van der Waals surface area (Å²) in [5.41, 5.74) is 2.09. The molecule has 0 saturated heterocycles. The average Bonchev–Trinajstić information content (AvgIpc) is 2.95. The zero-order valence-electron chi connectivity index (χ0n) is 12.7. The number of carbonyl (C=O) groups excluding carboxylic acids is 2. The lowest BCUT2D eigenvalue weighted by molar-refractivity contribution is -0.120. The van der Waals surface area contributed by atoms with Crippen molar-refractivity contribution in [3.63, 3.8) is 0 Å². The SMILES string of the molecule is COC(=O)Nc1nc(CC(=O)NCCC2=CCCCC2)cs1. The van der Waals surface area contributed by atoms with E-state index in [1.165, 1.54) is 36.9 Å². The van der Waals surface area contributed by atoms with Crippen LogP contribution >= 0.6 is 11.3 Å². The summed E-state index contributed by atoms with van der Waals surface area (Å²) < 4.78 is 4.49. The number of anilines is 1. The molecule has 2 amide bonds. The molecule has 0 aromatic carbocycles. The van der Waals surface area contributed by atoms with Crippen LogP contribution in [0.2, 0.25) is 0 Å². The number of hydrogen-bond acceptors (Lipinski definition) is 5. The fourth-order valence-electron chi connectivity index (χ4n) is 2.31. The molecule has 1 aromatic rings. The van der Waals surface area contributed by atoms with Crippen LogP contribution in [0.1, 0.15) is 37.8 Å². The molecule has 0 spiro atoms. The molecule has 1 heterocycles. The van der Waals surface area contributed by atoms with Gasteiger partial charge in [-0.2, -0.15) is 0 Å². The van der Waals surface area contributed by atoms with Crippen LogP contribution in [0.25, 0.3) is 0 Å². The van der Waals surface area contributed by atoms with E-state index in [1.807, 2.05) is 0 Å². The Morgan fingerprint density at radius 2 is 2.27 bits per heavy atom. The minimum Gasteiger partial charge on any atom is -0.453 e. The van der Waals surface area contributed by atoms with Crippen molar-refractivity contribution in [1.82, 2.24) is 10.3 Å². The van der Waals surface area contributed by atoms with Gasteiger partial charge >= 0.3 is 6.09 Å². The summed E-state index contributed by atoms with van der Waals surface area (Å²) in [4.78, 5) is 27.1. The normalized spacial score (nSPS) is 14.1. The van der Waals surface area contributed by atoms with E-state index in [9.17, 15) is 9.59 Å². The molecule has 120 valence electrons. The first-order valence-corrected chi connectivity index (χ1v) is 8.29. The summed E-state index contributed by atoms with van der Waals surface area (Å²) in [5, 5.41) is 7.58. The Morgan fingerprint density at radius 3 is 3.00 bits per heavy atom. The highest BCUT2D eigenvalue weighted by Crippen LogP contribution is 2.19. The van der Waals surface area contributed by atoms with Crippen LogP contribution in [-0.4, -0.2) is 30.6 Å². The lowest BCUT2D eigenvalue weighted by Gasteiger charge is -2.12. The summed E-state index contributed by atoms with van der Waals surface area (Å²) in [6.07, 6.45) is 7.74. The molecule has 0 unspecified atom stereocenters. The fraction of sp³-hybridized carbons (Fsp3) is 0.533. The topological polar surface area (TPSA) is 80.3 Å². The average molecular weight is 323 g/mol. The number of ether oxygens (including phenoxy) is 1. The van der Waals surface area contributed by atoms with Crippen LogP contribution in [0.15, 0.2) is 17.0 Å². The van der Waals surface area contributed by atoms with Crippen LogP contribution in [0, 0.1) is 0 Å². The van der Waals surface area contributed by atoms with Crippen LogP contribution in [0.3, 0.4) is 0 Å². The number of carbonyl (C=O) groups is 2. The van der Waals surface area contributed by atoms with Crippen LogP contribution in [-0.2, 0) is 16.0 Å². The summed E-state index contributed by atoms with van der Waals surface area (Å²) in [7, 11) is 1.29. The Kier molecular flexibility index (Phi) is 6.39. The Balaban J connectivity index is 1.70. The van der Waals surface area contributed by atoms with E-state index in [0.29, 0.717) is 17.4 Å². The number of hydrogen-bond donors (Lipinski definition) is 2. The van der Waals surface area contributed by atoms with Crippen molar-refractivity contribution in [2.24, 2.45) is 0 Å². The van der Waals surface area contributed by atoms with Crippen molar-refractivity contribution >= 4 is 28.5 Å². The Morgan fingerprint density at radius 1 is 1.41 bits per heavy atom. The van der Waals surface area contributed by atoms with Crippen molar-refractivity contribution in [1.29, 1.82) is 0 Å². The number of nitrogens with one attached hydrogen (secondary N) is 2. The second kappa shape index (κ2) is 8.53. The summed E-state index contributed by atoms with van der Waals surface area (Å²) >= 11 is 1.27. The lowest BCUT2D eigenvalue weighted by Crippen LogP contribution is -2.26. The predicted molar refractivity (Wildman–Crippen MR) is 86.0 cm³/mol. The fourth-order valence-corrected chi connectivity index (χ4v) is 3.00. The maximum absolute atomic E-state index is 11.9. The Bertz CT molecular complexity index is 554. The Hall–Kier alpha value is -1.89. The number of nitrogens with zero attached hydrogens (tertiary/aromatic N) is 1. The van der Waals surface area contributed by atoms with Gasteiger partial charge in [-0.05, 0) is 32.1 Å². The first-order chi connectivity index (χ1) is 10.7. The molecule has 1 aliphatic carbocycles. The van der Waals surface area contributed by atoms with Crippen molar-refractivity contribution in [2.75, 3.05) is 19.0 Å². The zero-order chi connectivity index (χ0) is 15.8. The van der Waals surface area contributed by atoms with Gasteiger partial charge in [0.1, 0.15) is 0 Å². The summed E-state index contributed by atoms with van der Waals surface area (Å²) in [6.45, 7) is 0.669. The highest BCUT2D eigenvalue weighted by atomic mass is 32.1. The molecule has 0 bridgehead atoms. The maximum Gasteiger partial charge on any atom is 0.413 e. The largest absolute Gasteiger partial charge is 0.453 e. The van der Waals surface area contributed by atoms with Crippen molar-refractivity contribution in [2.45, 2.75) is 38.5 Å². The van der Waals surface area contributed by atoms with Gasteiger partial charge in [0.05, 0.1) is 19.2 Å². The maximum atomic E-state index is 11.9. The molecule has 0 saturated carbocycles. The van der Waals surface area contributed by atoms with Gasteiger partial charge in [0, 0.05) is 11.9 Å². The summed E-state index contributed by atoms with van der Waals surface area (Å²) in [5.74, 6) is -0.0497. The third-order valence-electron chi connectivity index (χ3n) is 3.44. The zero-order valence-corrected chi connectivity index (χ0v) is 13.5. The minimum atomic E-state index is -0.564. The molecule has 0 aliphatic heterocycles. The number of methoxy groups -OCH3 is 1. The predicted octanol–water partition coefficient (Wildman–Crippen LogP) is 2.87. The van der Waals surface area contributed by atoms with Gasteiger partial charge in [-0.25, -0.2) is 9.78 Å². The van der Waals surface area contributed by atoms with Gasteiger partial charge in [0.25, 0.3) is 0 Å². The van der Waals surface area contributed by atoms with E-state index in [2.05, 4.69) is 26.4 Å². The highest BCUT2D eigenvalue weighted by molar-refractivity contribution is 7.13. The van der Waals surface area contributed by atoms with E-state index in [4.69, 9.17) is 0 Å². The van der Waals surface area contributed by atoms with Gasteiger partial charge in [-0.3, -0.25) is 10.1 Å². The molecular weight excluding hydrogens is 302 g/mol. The summed E-state index contributed by atoms with van der Waals surface area (Å²) in [6, 6.07) is 0.